The van der Waals surface area contributed by atoms with E-state index in [2.05, 4.69) is 28.7 Å². The zero-order chi connectivity index (χ0) is 33.3. The highest BCUT2D eigenvalue weighted by molar-refractivity contribution is 5.75. The molecule has 7 nitrogen and oxygen atoms in total. The van der Waals surface area contributed by atoms with Crippen LogP contribution in [0.2, 0.25) is 0 Å². The number of hydrogen-bond donors (Lipinski definition) is 2. The molecule has 0 saturated heterocycles. The molecule has 1 aromatic heterocycles. The van der Waals surface area contributed by atoms with E-state index in [0.717, 1.165) is 25.3 Å². The molecule has 46 heavy (non-hydrogen) atoms. The van der Waals surface area contributed by atoms with Gasteiger partial charge < -0.3 is 25.1 Å². The molecular weight excluding hydrogens is 572 g/mol. The Morgan fingerprint density at radius 2 is 1.15 bits per heavy atom. The van der Waals surface area contributed by atoms with Gasteiger partial charge in [0.2, 0.25) is 0 Å². The van der Waals surface area contributed by atoms with E-state index in [-0.39, 0.29) is 6.10 Å². The van der Waals surface area contributed by atoms with Gasteiger partial charge in [-0.3, -0.25) is 4.79 Å². The van der Waals surface area contributed by atoms with E-state index in [1.165, 1.54) is 154 Å². The van der Waals surface area contributed by atoms with E-state index in [4.69, 9.17) is 15.2 Å². The Balaban J connectivity index is 2.22. The van der Waals surface area contributed by atoms with Crippen molar-refractivity contribution < 1.29 is 14.3 Å². The first-order valence-corrected chi connectivity index (χ1v) is 19.8. The second-order valence-electron chi connectivity index (χ2n) is 13.8. The van der Waals surface area contributed by atoms with Crippen LogP contribution in [0.3, 0.4) is 0 Å². The molecule has 0 radical (unpaired) electrons. The third-order valence-electron chi connectivity index (χ3n) is 9.17. The van der Waals surface area contributed by atoms with E-state index >= 15 is 0 Å². The third kappa shape index (κ3) is 26.6. The lowest BCUT2D eigenvalue weighted by Crippen LogP contribution is -2.37. The average Bonchev–Trinajstić information content (AvgIpc) is 3.56. The topological polar surface area (TPSA) is 93.5 Å². The van der Waals surface area contributed by atoms with Gasteiger partial charge in [-0.2, -0.15) is 0 Å². The van der Waals surface area contributed by atoms with E-state index < -0.39 is 12.0 Å². The van der Waals surface area contributed by atoms with Gasteiger partial charge in [0.25, 0.3) is 0 Å². The molecule has 1 rings (SSSR count). The fourth-order valence-electron chi connectivity index (χ4n) is 6.17. The molecule has 0 spiro atoms. The lowest BCUT2D eigenvalue weighted by Gasteiger charge is -2.23. The zero-order valence-electron chi connectivity index (χ0n) is 30.7. The van der Waals surface area contributed by atoms with Gasteiger partial charge >= 0.3 is 5.97 Å². The second-order valence-corrected chi connectivity index (χ2v) is 13.8. The number of imidazole rings is 1. The summed E-state index contributed by atoms with van der Waals surface area (Å²) in [6.07, 6.45) is 36.6. The Labute approximate surface area is 284 Å². The Morgan fingerprint density at radius 1 is 0.717 bits per heavy atom. The fraction of sp³-hybridized carbons (Fsp3) is 0.897. The molecule has 0 fully saturated rings. The molecule has 1 aromatic rings. The first kappa shape index (κ1) is 42.6. The van der Waals surface area contributed by atoms with Crippen molar-refractivity contribution in [2.24, 2.45) is 5.73 Å². The maximum atomic E-state index is 12.4. The Morgan fingerprint density at radius 3 is 1.57 bits per heavy atom. The van der Waals surface area contributed by atoms with Gasteiger partial charge in [-0.25, -0.2) is 4.98 Å². The standard InChI is InChI=1S/C39H76N4O3/c1-4-6-8-10-12-14-16-18-20-22-24-26-28-43(29-27-25-23-21-19-17-15-13-11-9-7-5-2)30-31-45-34-36(3)46-39(44)38(40)32-37-33-41-35-42-37/h33,35-36,38H,4-32,34,40H2,1-3H3,(H,41,42). The van der Waals surface area contributed by atoms with Crippen molar-refractivity contribution in [2.45, 2.75) is 193 Å². The van der Waals surface area contributed by atoms with Crippen LogP contribution in [0, 0.1) is 0 Å². The Hall–Kier alpha value is -1.44. The number of nitrogens with zero attached hydrogens (tertiary/aromatic N) is 2. The molecule has 0 aromatic carbocycles. The average molecular weight is 649 g/mol. The van der Waals surface area contributed by atoms with Crippen LogP contribution in [0.1, 0.15) is 181 Å². The van der Waals surface area contributed by atoms with Gasteiger partial charge in [0.1, 0.15) is 12.1 Å². The van der Waals surface area contributed by atoms with Crippen molar-refractivity contribution in [1.82, 2.24) is 14.9 Å². The van der Waals surface area contributed by atoms with E-state index in [1.54, 1.807) is 12.5 Å². The van der Waals surface area contributed by atoms with Crippen molar-refractivity contribution in [1.29, 1.82) is 0 Å². The summed E-state index contributed by atoms with van der Waals surface area (Å²) in [6, 6.07) is -0.704. The summed E-state index contributed by atoms with van der Waals surface area (Å²) < 4.78 is 11.5. The van der Waals surface area contributed by atoms with Crippen LogP contribution in [0.4, 0.5) is 0 Å². The summed E-state index contributed by atoms with van der Waals surface area (Å²) in [7, 11) is 0. The predicted molar refractivity (Wildman–Crippen MR) is 195 cm³/mol. The highest BCUT2D eigenvalue weighted by atomic mass is 16.6. The molecule has 3 N–H and O–H groups in total. The molecule has 0 amide bonds. The van der Waals surface area contributed by atoms with Crippen molar-refractivity contribution in [3.8, 4) is 0 Å². The number of aromatic amines is 1. The molecule has 2 atom stereocenters. The van der Waals surface area contributed by atoms with Crippen LogP contribution in [-0.4, -0.2) is 65.8 Å². The number of aromatic nitrogens is 2. The minimum Gasteiger partial charge on any atom is -0.459 e. The number of nitrogens with two attached hydrogens (primary N) is 1. The van der Waals surface area contributed by atoms with Gasteiger partial charge in [0.05, 0.1) is 19.5 Å². The summed E-state index contributed by atoms with van der Waals surface area (Å²) in [6.45, 7) is 10.8. The molecule has 0 aliphatic heterocycles. The van der Waals surface area contributed by atoms with Crippen LogP contribution < -0.4 is 5.73 Å². The number of rotatable bonds is 35. The fourth-order valence-corrected chi connectivity index (χ4v) is 6.17. The molecule has 1 heterocycles. The monoisotopic (exact) mass is 649 g/mol. The number of hydrogen-bond acceptors (Lipinski definition) is 6. The zero-order valence-corrected chi connectivity index (χ0v) is 30.7. The SMILES string of the molecule is CCCCCCCCCCCCCCN(CCCCCCCCCCCCCC)CCOCC(C)OC(=O)C(N)Cc1cnc[nH]1. The van der Waals surface area contributed by atoms with Gasteiger partial charge in [0, 0.05) is 24.9 Å². The number of carbonyl (C=O) groups excluding carboxylic acids is 1. The normalized spacial score (nSPS) is 13.0. The largest absolute Gasteiger partial charge is 0.459 e. The molecular formula is C39H76N4O3. The van der Waals surface area contributed by atoms with Crippen molar-refractivity contribution in [3.05, 3.63) is 18.2 Å². The number of esters is 1. The van der Waals surface area contributed by atoms with Gasteiger partial charge in [-0.15, -0.1) is 0 Å². The number of ether oxygens (including phenoxy) is 2. The first-order chi connectivity index (χ1) is 22.6. The van der Waals surface area contributed by atoms with Gasteiger partial charge in [0.15, 0.2) is 0 Å². The van der Waals surface area contributed by atoms with Crippen molar-refractivity contribution in [3.63, 3.8) is 0 Å². The quantitative estimate of drug-likeness (QED) is 0.0562. The van der Waals surface area contributed by atoms with E-state index in [1.807, 2.05) is 6.92 Å². The Bertz CT molecular complexity index is 732. The van der Waals surface area contributed by atoms with E-state index in [0.29, 0.717) is 19.6 Å². The van der Waals surface area contributed by atoms with Crippen molar-refractivity contribution in [2.75, 3.05) is 32.8 Å². The molecule has 0 bridgehead atoms. The summed E-state index contributed by atoms with van der Waals surface area (Å²) in [5, 5.41) is 0. The molecule has 270 valence electrons. The lowest BCUT2D eigenvalue weighted by atomic mass is 10.0. The van der Waals surface area contributed by atoms with Gasteiger partial charge in [-0.1, -0.05) is 155 Å². The van der Waals surface area contributed by atoms with E-state index in [9.17, 15) is 4.79 Å². The summed E-state index contributed by atoms with van der Waals surface area (Å²) in [4.78, 5) is 21.9. The number of H-pyrrole nitrogens is 1. The molecule has 0 aliphatic rings. The van der Waals surface area contributed by atoms with Crippen LogP contribution in [0.5, 0.6) is 0 Å². The first-order valence-electron chi connectivity index (χ1n) is 19.8. The van der Waals surface area contributed by atoms with Crippen LogP contribution in [0.15, 0.2) is 12.5 Å². The number of nitrogens with one attached hydrogen (secondary N) is 1. The minimum atomic E-state index is -0.704. The predicted octanol–water partition coefficient (Wildman–Crippen LogP) is 9.93. The smallest absolute Gasteiger partial charge is 0.323 e. The summed E-state index contributed by atoms with van der Waals surface area (Å²) >= 11 is 0. The van der Waals surface area contributed by atoms with Crippen LogP contribution in [0.25, 0.3) is 0 Å². The Kier molecular flexibility index (Phi) is 29.7. The van der Waals surface area contributed by atoms with Crippen LogP contribution in [-0.2, 0) is 20.7 Å². The summed E-state index contributed by atoms with van der Waals surface area (Å²) in [5.41, 5.74) is 6.85. The third-order valence-corrected chi connectivity index (χ3v) is 9.17. The highest BCUT2D eigenvalue weighted by Gasteiger charge is 2.19. The molecule has 0 aliphatic carbocycles. The second kappa shape index (κ2) is 32.1. The van der Waals surface area contributed by atoms with Crippen molar-refractivity contribution >= 4 is 5.97 Å². The highest BCUT2D eigenvalue weighted by Crippen LogP contribution is 2.14. The number of unbranched alkanes of at least 4 members (excludes halogenated alkanes) is 22. The number of carbonyl (C=O) groups is 1. The van der Waals surface area contributed by atoms with Gasteiger partial charge in [-0.05, 0) is 32.9 Å². The summed E-state index contributed by atoms with van der Waals surface area (Å²) in [5.74, 6) is -0.397. The maximum Gasteiger partial charge on any atom is 0.323 e. The lowest BCUT2D eigenvalue weighted by molar-refractivity contribution is -0.152. The molecule has 0 saturated carbocycles. The minimum absolute atomic E-state index is 0.318. The molecule has 2 unspecified atom stereocenters. The van der Waals surface area contributed by atoms with Crippen LogP contribution >= 0.6 is 0 Å². The maximum absolute atomic E-state index is 12.4. The molecule has 7 heteroatoms.